The molecule has 3 aromatic rings. The zero-order valence-corrected chi connectivity index (χ0v) is 16.8. The van der Waals surface area contributed by atoms with Gasteiger partial charge in [-0.05, 0) is 76.0 Å². The number of anilines is 1. The van der Waals surface area contributed by atoms with Gasteiger partial charge in [-0.1, -0.05) is 0 Å². The average molecular weight is 390 g/mol. The first-order valence-electron chi connectivity index (χ1n) is 10.6. The van der Waals surface area contributed by atoms with Crippen molar-refractivity contribution in [3.63, 3.8) is 0 Å². The van der Waals surface area contributed by atoms with Crippen LogP contribution in [0.25, 0.3) is 11.0 Å². The maximum Gasteiger partial charge on any atom is 0.267 e. The van der Waals surface area contributed by atoms with E-state index in [2.05, 4.69) is 20.3 Å². The Morgan fingerprint density at radius 2 is 1.93 bits per heavy atom. The molecule has 1 fully saturated rings. The van der Waals surface area contributed by atoms with Crippen LogP contribution in [0.1, 0.15) is 61.6 Å². The van der Waals surface area contributed by atoms with E-state index in [4.69, 9.17) is 5.10 Å². The van der Waals surface area contributed by atoms with Crippen LogP contribution in [-0.4, -0.2) is 30.8 Å². The third-order valence-corrected chi connectivity index (χ3v) is 6.20. The van der Waals surface area contributed by atoms with Crippen molar-refractivity contribution in [1.82, 2.24) is 24.7 Å². The molecule has 1 N–H and O–H groups in total. The van der Waals surface area contributed by atoms with Crippen LogP contribution in [0.3, 0.4) is 0 Å². The molecule has 5 rings (SSSR count). The van der Waals surface area contributed by atoms with Gasteiger partial charge >= 0.3 is 0 Å². The van der Waals surface area contributed by atoms with Gasteiger partial charge in [0.1, 0.15) is 11.6 Å². The van der Waals surface area contributed by atoms with Gasteiger partial charge in [0.2, 0.25) is 0 Å². The third-order valence-electron chi connectivity index (χ3n) is 6.20. The summed E-state index contributed by atoms with van der Waals surface area (Å²) in [6.07, 6.45) is 9.97. The number of pyridine rings is 1. The summed E-state index contributed by atoms with van der Waals surface area (Å²) in [5.41, 5.74) is 3.07. The first-order valence-corrected chi connectivity index (χ1v) is 10.6. The van der Waals surface area contributed by atoms with Gasteiger partial charge in [0.25, 0.3) is 5.56 Å². The molecule has 7 nitrogen and oxygen atoms in total. The van der Waals surface area contributed by atoms with Gasteiger partial charge in [0, 0.05) is 18.3 Å². The van der Waals surface area contributed by atoms with Crippen molar-refractivity contribution in [3.05, 3.63) is 51.8 Å². The van der Waals surface area contributed by atoms with Crippen molar-refractivity contribution >= 4 is 16.9 Å². The van der Waals surface area contributed by atoms with Crippen LogP contribution in [-0.2, 0) is 12.8 Å². The fourth-order valence-corrected chi connectivity index (χ4v) is 4.68. The predicted molar refractivity (Wildman–Crippen MR) is 112 cm³/mol. The number of fused-ring (bicyclic) bond motifs is 2. The second kappa shape index (κ2) is 7.54. The van der Waals surface area contributed by atoms with E-state index in [1.807, 2.05) is 25.1 Å². The first-order chi connectivity index (χ1) is 14.2. The van der Waals surface area contributed by atoms with Crippen molar-refractivity contribution in [2.75, 3.05) is 5.32 Å². The third kappa shape index (κ3) is 3.61. The van der Waals surface area contributed by atoms with Crippen LogP contribution in [0, 0.1) is 6.92 Å². The molecule has 0 unspecified atom stereocenters. The van der Waals surface area contributed by atoms with Gasteiger partial charge in [0.15, 0.2) is 5.65 Å². The SMILES string of the molecule is Cc1nc(NC2CCC(n3nc4c(cc3=O)CCCC4)CC2)c2cccnc2n1. The lowest BCUT2D eigenvalue weighted by molar-refractivity contribution is 0.300. The van der Waals surface area contributed by atoms with Crippen molar-refractivity contribution < 1.29 is 0 Å². The molecule has 2 aliphatic carbocycles. The van der Waals surface area contributed by atoms with Crippen molar-refractivity contribution in [2.24, 2.45) is 0 Å². The Morgan fingerprint density at radius 3 is 2.79 bits per heavy atom. The highest BCUT2D eigenvalue weighted by atomic mass is 16.1. The molecule has 0 radical (unpaired) electrons. The molecule has 0 aromatic carbocycles. The van der Waals surface area contributed by atoms with Crippen LogP contribution in [0.2, 0.25) is 0 Å². The molecule has 29 heavy (non-hydrogen) atoms. The maximum atomic E-state index is 12.6. The summed E-state index contributed by atoms with van der Waals surface area (Å²) in [5, 5.41) is 9.31. The zero-order valence-electron chi connectivity index (χ0n) is 16.8. The molecule has 3 aromatic heterocycles. The summed E-state index contributed by atoms with van der Waals surface area (Å²) in [6, 6.07) is 6.27. The van der Waals surface area contributed by atoms with E-state index in [-0.39, 0.29) is 11.6 Å². The highest BCUT2D eigenvalue weighted by molar-refractivity contribution is 5.86. The fourth-order valence-electron chi connectivity index (χ4n) is 4.68. The predicted octanol–water partition coefficient (Wildman–Crippen LogP) is 3.36. The van der Waals surface area contributed by atoms with Crippen LogP contribution < -0.4 is 10.9 Å². The Labute approximate surface area is 169 Å². The Morgan fingerprint density at radius 1 is 1.10 bits per heavy atom. The van der Waals surface area contributed by atoms with Crippen LogP contribution in [0.5, 0.6) is 0 Å². The summed E-state index contributed by atoms with van der Waals surface area (Å²) >= 11 is 0. The van der Waals surface area contributed by atoms with Gasteiger partial charge in [-0.2, -0.15) is 5.10 Å². The second-order valence-electron chi connectivity index (χ2n) is 8.25. The number of nitrogens with one attached hydrogen (secondary N) is 1. The van der Waals surface area contributed by atoms with E-state index in [1.165, 1.54) is 12.8 Å². The minimum atomic E-state index is 0.0607. The minimum absolute atomic E-state index is 0.0607. The molecule has 3 heterocycles. The molecule has 0 atom stereocenters. The lowest BCUT2D eigenvalue weighted by Crippen LogP contribution is -2.34. The molecule has 0 spiro atoms. The highest BCUT2D eigenvalue weighted by Gasteiger charge is 2.25. The van der Waals surface area contributed by atoms with Crippen molar-refractivity contribution in [2.45, 2.75) is 70.4 Å². The Kier molecular flexibility index (Phi) is 4.73. The van der Waals surface area contributed by atoms with E-state index >= 15 is 0 Å². The fraction of sp³-hybridized carbons (Fsp3) is 0.500. The van der Waals surface area contributed by atoms with Gasteiger partial charge in [0.05, 0.1) is 17.1 Å². The molecule has 150 valence electrons. The lowest BCUT2D eigenvalue weighted by Gasteiger charge is -2.30. The highest BCUT2D eigenvalue weighted by Crippen LogP contribution is 2.30. The van der Waals surface area contributed by atoms with Crippen molar-refractivity contribution in [3.8, 4) is 0 Å². The largest absolute Gasteiger partial charge is 0.367 e. The van der Waals surface area contributed by atoms with E-state index in [1.54, 1.807) is 10.9 Å². The Balaban J connectivity index is 1.31. The molecular formula is C22H26N6O. The van der Waals surface area contributed by atoms with Crippen LogP contribution in [0.15, 0.2) is 29.2 Å². The van der Waals surface area contributed by atoms with E-state index in [0.717, 1.165) is 72.5 Å². The van der Waals surface area contributed by atoms with Gasteiger partial charge in [-0.15, -0.1) is 0 Å². The summed E-state index contributed by atoms with van der Waals surface area (Å²) < 4.78 is 1.76. The topological polar surface area (TPSA) is 85.6 Å². The maximum absolute atomic E-state index is 12.6. The number of hydrogen-bond donors (Lipinski definition) is 1. The molecule has 0 aliphatic heterocycles. The average Bonchev–Trinajstić information content (AvgIpc) is 2.74. The number of aromatic nitrogens is 5. The van der Waals surface area contributed by atoms with Crippen LogP contribution in [0.4, 0.5) is 5.82 Å². The number of aryl methyl sites for hydroxylation is 3. The summed E-state index contributed by atoms with van der Waals surface area (Å²) in [5.74, 6) is 1.57. The molecule has 2 aliphatic rings. The van der Waals surface area contributed by atoms with Crippen molar-refractivity contribution in [1.29, 1.82) is 0 Å². The first kappa shape index (κ1) is 18.2. The van der Waals surface area contributed by atoms with Crippen LogP contribution >= 0.6 is 0 Å². The number of nitrogens with zero attached hydrogens (tertiary/aromatic N) is 5. The summed E-state index contributed by atoms with van der Waals surface area (Å²) in [7, 11) is 0. The van der Waals surface area contributed by atoms with E-state index in [9.17, 15) is 4.79 Å². The smallest absolute Gasteiger partial charge is 0.267 e. The van der Waals surface area contributed by atoms with E-state index in [0.29, 0.717) is 6.04 Å². The molecule has 0 amide bonds. The van der Waals surface area contributed by atoms with E-state index < -0.39 is 0 Å². The Hall–Kier alpha value is -2.83. The lowest BCUT2D eigenvalue weighted by atomic mass is 9.91. The molecule has 1 saturated carbocycles. The summed E-state index contributed by atoms with van der Waals surface area (Å²) in [4.78, 5) is 26.0. The van der Waals surface area contributed by atoms with Gasteiger partial charge in [-0.3, -0.25) is 4.79 Å². The normalized spacial score (nSPS) is 21.7. The molecular weight excluding hydrogens is 364 g/mol. The molecule has 7 heteroatoms. The quantitative estimate of drug-likeness (QED) is 0.738. The van der Waals surface area contributed by atoms with Gasteiger partial charge in [-0.25, -0.2) is 19.6 Å². The number of rotatable bonds is 3. The summed E-state index contributed by atoms with van der Waals surface area (Å²) in [6.45, 7) is 1.89. The molecule has 0 saturated heterocycles. The zero-order chi connectivity index (χ0) is 19.8. The monoisotopic (exact) mass is 390 g/mol. The molecule has 0 bridgehead atoms. The Bertz CT molecular complexity index is 1100. The number of hydrogen-bond acceptors (Lipinski definition) is 6. The standard InChI is InChI=1S/C22H26N6O/c1-14-24-21-18(6-4-12-23-21)22(25-14)26-16-8-10-17(11-9-16)28-20(29)13-15-5-2-3-7-19(15)27-28/h4,6,12-13,16-17H,2-3,5,7-11H2,1H3,(H,23,24,25,26). The minimum Gasteiger partial charge on any atom is -0.367 e. The van der Waals surface area contributed by atoms with Gasteiger partial charge < -0.3 is 5.32 Å². The second-order valence-corrected chi connectivity index (χ2v) is 8.25.